The second-order valence-corrected chi connectivity index (χ2v) is 16.4. The van der Waals surface area contributed by atoms with Crippen molar-refractivity contribution in [1.29, 1.82) is 0 Å². The number of fused-ring (bicyclic) bond motifs is 4. The zero-order valence-electron chi connectivity index (χ0n) is 33.4. The Balaban J connectivity index is 1.26. The van der Waals surface area contributed by atoms with Crippen LogP contribution in [0.5, 0.6) is 0 Å². The van der Waals surface area contributed by atoms with E-state index in [4.69, 9.17) is 15.2 Å². The van der Waals surface area contributed by atoms with Crippen molar-refractivity contribution in [2.24, 2.45) is 11.7 Å². The van der Waals surface area contributed by atoms with Crippen LogP contribution >= 0.6 is 0 Å². The number of nitrogens with two attached hydrogens (primary N) is 1. The van der Waals surface area contributed by atoms with E-state index in [0.717, 1.165) is 65.3 Å². The Labute approximate surface area is 333 Å². The van der Waals surface area contributed by atoms with Crippen LogP contribution in [0.3, 0.4) is 0 Å². The molecule has 0 bridgehead atoms. The third-order valence-electron chi connectivity index (χ3n) is 11.0. The van der Waals surface area contributed by atoms with Gasteiger partial charge in [-0.25, -0.2) is 9.59 Å². The number of aromatic amines is 1. The van der Waals surface area contributed by atoms with Crippen molar-refractivity contribution < 1.29 is 28.7 Å². The molecule has 1 heterocycles. The van der Waals surface area contributed by atoms with Crippen LogP contribution in [-0.4, -0.2) is 59.8 Å². The van der Waals surface area contributed by atoms with E-state index in [1.54, 1.807) is 39.0 Å². The molecule has 3 aromatic carbocycles. The second kappa shape index (κ2) is 18.1. The molecule has 6 rings (SSSR count). The molecule has 0 radical (unpaired) electrons. The van der Waals surface area contributed by atoms with Crippen molar-refractivity contribution in [3.05, 3.63) is 99.8 Å². The van der Waals surface area contributed by atoms with E-state index in [0.29, 0.717) is 37.0 Å². The van der Waals surface area contributed by atoms with Gasteiger partial charge in [0.2, 0.25) is 17.4 Å². The molecule has 4 aromatic rings. The maximum absolute atomic E-state index is 15.1. The first-order chi connectivity index (χ1) is 27.3. The average molecular weight is 778 g/mol. The van der Waals surface area contributed by atoms with E-state index < -0.39 is 41.7 Å². The minimum atomic E-state index is -1.11. The first-order valence-electron chi connectivity index (χ1n) is 20.1. The van der Waals surface area contributed by atoms with E-state index in [1.807, 2.05) is 43.3 Å². The minimum Gasteiger partial charge on any atom is -0.449 e. The van der Waals surface area contributed by atoms with Crippen molar-refractivity contribution >= 4 is 40.6 Å². The third kappa shape index (κ3) is 10.2. The van der Waals surface area contributed by atoms with Crippen LogP contribution < -0.4 is 26.8 Å². The van der Waals surface area contributed by atoms with Crippen molar-refractivity contribution in [3.63, 3.8) is 0 Å². The second-order valence-electron chi connectivity index (χ2n) is 16.4. The van der Waals surface area contributed by atoms with Crippen molar-refractivity contribution in [2.45, 2.75) is 109 Å². The molecule has 2 aliphatic carbocycles. The number of anilines is 1. The Bertz CT molecular complexity index is 2110. The van der Waals surface area contributed by atoms with Gasteiger partial charge in [-0.2, -0.15) is 0 Å². The summed E-state index contributed by atoms with van der Waals surface area (Å²) in [5, 5.41) is 6.43. The number of nitrogens with zero attached hydrogens (tertiary/aromatic N) is 1. The number of benzene rings is 3. The Morgan fingerprint density at radius 1 is 0.895 bits per heavy atom. The number of unbranched alkanes of at least 4 members (excludes halogenated alkanes) is 1. The van der Waals surface area contributed by atoms with Crippen LogP contribution in [0.15, 0.2) is 77.6 Å². The van der Waals surface area contributed by atoms with E-state index in [9.17, 15) is 19.2 Å². The number of carbonyl (C=O) groups is 4. The number of H-pyrrole nitrogens is 1. The topological polar surface area (TPSA) is 173 Å². The van der Waals surface area contributed by atoms with Crippen molar-refractivity contribution in [2.75, 3.05) is 18.1 Å². The SMILES string of the molecule is Cc1cc(=O)[nH]c2cc(N(C(=O)[C@H](CC3CCCCC3)NC(=O)OCC3c4ccccc4-c4ccccc43)[C@@H](CCCCNC(=O)OC(C)(C)C)C(N)=O)ccc12. The lowest BCUT2D eigenvalue weighted by atomic mass is 9.84. The van der Waals surface area contributed by atoms with Crippen LogP contribution in [-0.2, 0) is 19.1 Å². The molecule has 12 nitrogen and oxygen atoms in total. The molecule has 4 amide bonds. The number of primary amides is 1. The fourth-order valence-corrected chi connectivity index (χ4v) is 8.33. The molecule has 1 fully saturated rings. The number of hydrogen-bond donors (Lipinski definition) is 4. The van der Waals surface area contributed by atoms with Gasteiger partial charge in [-0.1, -0.05) is 86.7 Å². The number of pyridine rings is 1. The summed E-state index contributed by atoms with van der Waals surface area (Å²) in [4.78, 5) is 71.2. The number of nitrogens with one attached hydrogen (secondary N) is 3. The number of alkyl carbamates (subject to hydrolysis) is 2. The molecule has 0 unspecified atom stereocenters. The number of ether oxygens (including phenoxy) is 2. The molecular weight excluding hydrogens is 723 g/mol. The number of carbonyl (C=O) groups excluding carboxylic acids is 4. The minimum absolute atomic E-state index is 0.0759. The standard InChI is InChI=1S/C45H55N5O7/c1-28-24-40(51)48-37-26-30(21-22-31(28)37)50(39(41(46)52)20-12-13-23-47-43(54)57-45(2,3)4)42(53)38(25-29-14-6-5-7-15-29)49-44(55)56-27-36-34-18-10-8-16-32(34)33-17-9-11-19-35(33)36/h8-11,16-19,21-22,24,26,29,36,38-39H,5-7,12-15,20,23,25,27H2,1-4H3,(H2,46,52)(H,47,54)(H,48,51)(H,49,55)/t38-,39-/m0/s1. The molecule has 1 saturated carbocycles. The van der Waals surface area contributed by atoms with Gasteiger partial charge in [-0.05, 0) is 99.2 Å². The van der Waals surface area contributed by atoms with Crippen LogP contribution in [0, 0.1) is 12.8 Å². The average Bonchev–Trinajstić information content (AvgIpc) is 3.48. The van der Waals surface area contributed by atoms with E-state index in [1.165, 1.54) is 11.0 Å². The first-order valence-corrected chi connectivity index (χ1v) is 20.1. The largest absolute Gasteiger partial charge is 0.449 e. The molecular formula is C45H55N5O7. The fraction of sp³-hybridized carbons (Fsp3) is 0.444. The Hall–Kier alpha value is -5.65. The van der Waals surface area contributed by atoms with Crippen LogP contribution in [0.1, 0.15) is 101 Å². The number of aromatic nitrogens is 1. The summed E-state index contributed by atoms with van der Waals surface area (Å²) in [5.74, 6) is -1.22. The summed E-state index contributed by atoms with van der Waals surface area (Å²) in [5.41, 5.74) is 11.1. The molecule has 2 atom stereocenters. The van der Waals surface area contributed by atoms with E-state index in [-0.39, 0.29) is 30.4 Å². The van der Waals surface area contributed by atoms with Gasteiger partial charge in [0, 0.05) is 29.6 Å². The highest BCUT2D eigenvalue weighted by Gasteiger charge is 2.37. The van der Waals surface area contributed by atoms with Crippen LogP contribution in [0.25, 0.3) is 22.0 Å². The summed E-state index contributed by atoms with van der Waals surface area (Å²) in [6.07, 6.45) is 5.18. The van der Waals surface area contributed by atoms with Gasteiger partial charge in [-0.3, -0.25) is 19.3 Å². The number of aryl methyl sites for hydroxylation is 1. The van der Waals surface area contributed by atoms with Gasteiger partial charge >= 0.3 is 12.2 Å². The summed E-state index contributed by atoms with van der Waals surface area (Å²) in [6, 6.07) is 20.7. The maximum atomic E-state index is 15.1. The summed E-state index contributed by atoms with van der Waals surface area (Å²) < 4.78 is 11.3. The van der Waals surface area contributed by atoms with Crippen LogP contribution in [0.4, 0.5) is 15.3 Å². The molecule has 0 spiro atoms. The maximum Gasteiger partial charge on any atom is 0.407 e. The summed E-state index contributed by atoms with van der Waals surface area (Å²) >= 11 is 0. The third-order valence-corrected chi connectivity index (χ3v) is 11.0. The highest BCUT2D eigenvalue weighted by Crippen LogP contribution is 2.44. The van der Waals surface area contributed by atoms with Gasteiger partial charge in [-0.15, -0.1) is 0 Å². The van der Waals surface area contributed by atoms with Crippen molar-refractivity contribution in [3.8, 4) is 11.1 Å². The quantitative estimate of drug-likeness (QED) is 0.0955. The normalized spacial score (nSPS) is 15.2. The molecule has 302 valence electrons. The smallest absolute Gasteiger partial charge is 0.407 e. The van der Waals surface area contributed by atoms with Crippen molar-refractivity contribution in [1.82, 2.24) is 15.6 Å². The molecule has 12 heteroatoms. The Morgan fingerprint density at radius 3 is 2.21 bits per heavy atom. The van der Waals surface area contributed by atoms with Crippen LogP contribution in [0.2, 0.25) is 0 Å². The summed E-state index contributed by atoms with van der Waals surface area (Å²) in [6.45, 7) is 7.54. The van der Waals surface area contributed by atoms with Gasteiger partial charge in [0.05, 0.1) is 5.52 Å². The fourth-order valence-electron chi connectivity index (χ4n) is 8.33. The molecule has 0 saturated heterocycles. The number of rotatable bonds is 14. The highest BCUT2D eigenvalue weighted by atomic mass is 16.6. The zero-order chi connectivity index (χ0) is 40.7. The lowest BCUT2D eigenvalue weighted by molar-refractivity contribution is -0.126. The molecule has 1 aromatic heterocycles. The lowest BCUT2D eigenvalue weighted by Crippen LogP contribution is -2.56. The molecule has 57 heavy (non-hydrogen) atoms. The number of hydrogen-bond acceptors (Lipinski definition) is 7. The molecule has 0 aliphatic heterocycles. The molecule has 5 N–H and O–H groups in total. The lowest BCUT2D eigenvalue weighted by Gasteiger charge is -2.35. The monoisotopic (exact) mass is 777 g/mol. The zero-order valence-corrected chi connectivity index (χ0v) is 33.4. The van der Waals surface area contributed by atoms with Gasteiger partial charge in [0.15, 0.2) is 0 Å². The van der Waals surface area contributed by atoms with E-state index in [2.05, 4.69) is 27.8 Å². The Morgan fingerprint density at radius 2 is 1.56 bits per heavy atom. The highest BCUT2D eigenvalue weighted by molar-refractivity contribution is 6.05. The van der Waals surface area contributed by atoms with Gasteiger partial charge < -0.3 is 30.8 Å². The predicted octanol–water partition coefficient (Wildman–Crippen LogP) is 7.60. The van der Waals surface area contributed by atoms with Gasteiger partial charge in [0.25, 0.3) is 0 Å². The first kappa shape index (κ1) is 41.0. The Kier molecular flexibility index (Phi) is 13.0. The summed E-state index contributed by atoms with van der Waals surface area (Å²) in [7, 11) is 0. The number of amides is 4. The molecule has 2 aliphatic rings. The van der Waals surface area contributed by atoms with Gasteiger partial charge in [0.1, 0.15) is 24.3 Å². The predicted molar refractivity (Wildman–Crippen MR) is 221 cm³/mol. The van der Waals surface area contributed by atoms with E-state index >= 15 is 4.79 Å².